The molecule has 3 rings (SSSR count). The topological polar surface area (TPSA) is 109 Å². The molecule has 0 fully saturated rings. The van der Waals surface area contributed by atoms with E-state index < -0.39 is 11.4 Å². The van der Waals surface area contributed by atoms with Crippen molar-refractivity contribution in [1.29, 1.82) is 5.41 Å². The van der Waals surface area contributed by atoms with Crippen LogP contribution in [-0.2, 0) is 0 Å². The van der Waals surface area contributed by atoms with E-state index in [-0.39, 0.29) is 16.9 Å². The Hall–Kier alpha value is -2.86. The molecule has 24 heavy (non-hydrogen) atoms. The van der Waals surface area contributed by atoms with Gasteiger partial charge in [0.15, 0.2) is 0 Å². The average Bonchev–Trinajstić information content (AvgIpc) is 2.52. The fourth-order valence-corrected chi connectivity index (χ4v) is 3.16. The van der Waals surface area contributed by atoms with Crippen molar-refractivity contribution in [2.45, 2.75) is 6.92 Å². The standard InChI is InChI=1S/C17H14ClFN4O/c1-7-4-10(18)14-12(5-7)23-17(24)16(22)13(14)8-2-3-11(19)15(21)9(8)6-20/h2-6,20H,21-22H2,1H3,(H,23,24). The molecule has 5 nitrogen and oxygen atoms in total. The lowest BCUT2D eigenvalue weighted by Crippen LogP contribution is -2.14. The summed E-state index contributed by atoms with van der Waals surface area (Å²) in [7, 11) is 0. The molecule has 1 heterocycles. The minimum absolute atomic E-state index is 0.0673. The largest absolute Gasteiger partial charge is 0.396 e. The van der Waals surface area contributed by atoms with E-state index in [0.29, 0.717) is 27.1 Å². The van der Waals surface area contributed by atoms with Crippen molar-refractivity contribution < 1.29 is 4.39 Å². The summed E-state index contributed by atoms with van der Waals surface area (Å²) in [4.78, 5) is 14.9. The Balaban J connectivity index is 2.56. The Morgan fingerprint density at radius 2 is 1.96 bits per heavy atom. The van der Waals surface area contributed by atoms with Gasteiger partial charge < -0.3 is 21.9 Å². The molecule has 0 unspecified atom stereocenters. The second kappa shape index (κ2) is 5.65. The SMILES string of the molecule is Cc1cc(Cl)c2c(-c3ccc(F)c(N)c3C=N)c(N)c(=O)[nH]c2c1. The number of aromatic amines is 1. The van der Waals surface area contributed by atoms with Crippen molar-refractivity contribution in [3.8, 4) is 11.1 Å². The summed E-state index contributed by atoms with van der Waals surface area (Å²) in [5.41, 5.74) is 13.2. The van der Waals surface area contributed by atoms with Gasteiger partial charge in [-0.05, 0) is 36.2 Å². The van der Waals surface area contributed by atoms with Gasteiger partial charge in [-0.25, -0.2) is 4.39 Å². The van der Waals surface area contributed by atoms with Crippen LogP contribution in [0.5, 0.6) is 0 Å². The van der Waals surface area contributed by atoms with Crippen LogP contribution < -0.4 is 17.0 Å². The second-order valence-electron chi connectivity index (χ2n) is 5.48. The summed E-state index contributed by atoms with van der Waals surface area (Å²) in [5.74, 6) is -0.646. The highest BCUT2D eigenvalue weighted by molar-refractivity contribution is 6.37. The third-order valence-electron chi connectivity index (χ3n) is 3.89. The third kappa shape index (κ3) is 2.32. The highest BCUT2D eigenvalue weighted by Crippen LogP contribution is 2.39. The average molecular weight is 345 g/mol. The molecule has 0 bridgehead atoms. The van der Waals surface area contributed by atoms with Gasteiger partial charge in [-0.2, -0.15) is 0 Å². The number of rotatable bonds is 2. The third-order valence-corrected chi connectivity index (χ3v) is 4.19. The van der Waals surface area contributed by atoms with Crippen LogP contribution >= 0.6 is 11.6 Å². The zero-order valence-corrected chi connectivity index (χ0v) is 13.5. The number of nitrogens with two attached hydrogens (primary N) is 2. The number of pyridine rings is 1. The molecular formula is C17H14ClFN4O. The molecule has 0 amide bonds. The molecule has 0 aliphatic rings. The Morgan fingerprint density at radius 1 is 1.25 bits per heavy atom. The van der Waals surface area contributed by atoms with Crippen molar-refractivity contribution in [2.75, 3.05) is 11.5 Å². The zero-order chi connectivity index (χ0) is 17.6. The van der Waals surface area contributed by atoms with Gasteiger partial charge in [-0.1, -0.05) is 17.7 Å². The van der Waals surface area contributed by atoms with E-state index in [4.69, 9.17) is 28.5 Å². The van der Waals surface area contributed by atoms with E-state index in [1.165, 1.54) is 12.1 Å². The Bertz CT molecular complexity index is 1060. The molecule has 0 saturated heterocycles. The first-order valence-electron chi connectivity index (χ1n) is 7.05. The van der Waals surface area contributed by atoms with Crippen LogP contribution in [0, 0.1) is 18.2 Å². The van der Waals surface area contributed by atoms with Gasteiger partial charge in [0.25, 0.3) is 5.56 Å². The van der Waals surface area contributed by atoms with Crippen LogP contribution in [0.15, 0.2) is 29.1 Å². The Labute approximate surface area is 141 Å². The van der Waals surface area contributed by atoms with E-state index in [1.54, 1.807) is 12.1 Å². The molecule has 0 radical (unpaired) electrons. The first kappa shape index (κ1) is 16.0. The molecule has 0 aliphatic carbocycles. The van der Waals surface area contributed by atoms with E-state index in [2.05, 4.69) is 4.98 Å². The maximum absolute atomic E-state index is 13.7. The number of benzene rings is 2. The Kier molecular flexibility index (Phi) is 3.77. The van der Waals surface area contributed by atoms with Crippen molar-refractivity contribution in [3.63, 3.8) is 0 Å². The van der Waals surface area contributed by atoms with E-state index in [0.717, 1.165) is 11.8 Å². The highest BCUT2D eigenvalue weighted by Gasteiger charge is 2.19. The zero-order valence-electron chi connectivity index (χ0n) is 12.7. The summed E-state index contributed by atoms with van der Waals surface area (Å²) >= 11 is 6.37. The van der Waals surface area contributed by atoms with Crippen molar-refractivity contribution in [1.82, 2.24) is 4.98 Å². The summed E-state index contributed by atoms with van der Waals surface area (Å²) < 4.78 is 13.7. The molecule has 0 spiro atoms. The van der Waals surface area contributed by atoms with Crippen LogP contribution in [0.1, 0.15) is 11.1 Å². The summed E-state index contributed by atoms with van der Waals surface area (Å²) in [6.07, 6.45) is 0.933. The number of halogens is 2. The molecule has 0 aliphatic heterocycles. The number of aromatic nitrogens is 1. The van der Waals surface area contributed by atoms with Crippen LogP contribution in [0.3, 0.4) is 0 Å². The predicted molar refractivity (Wildman–Crippen MR) is 96.4 cm³/mol. The van der Waals surface area contributed by atoms with Gasteiger partial charge in [-0.3, -0.25) is 4.79 Å². The van der Waals surface area contributed by atoms with Crippen LogP contribution in [0.4, 0.5) is 15.8 Å². The second-order valence-corrected chi connectivity index (χ2v) is 5.89. The molecule has 122 valence electrons. The van der Waals surface area contributed by atoms with Crippen molar-refractivity contribution >= 4 is 40.1 Å². The minimum Gasteiger partial charge on any atom is -0.396 e. The lowest BCUT2D eigenvalue weighted by Gasteiger charge is -2.15. The number of anilines is 2. The lowest BCUT2D eigenvalue weighted by atomic mass is 9.94. The van der Waals surface area contributed by atoms with Gasteiger partial charge in [-0.15, -0.1) is 0 Å². The predicted octanol–water partition coefficient (Wildman–Crippen LogP) is 3.46. The van der Waals surface area contributed by atoms with Gasteiger partial charge in [0.2, 0.25) is 0 Å². The maximum Gasteiger partial charge on any atom is 0.272 e. The number of nitrogens with one attached hydrogen (secondary N) is 2. The number of hydrogen-bond acceptors (Lipinski definition) is 4. The number of fused-ring (bicyclic) bond motifs is 1. The quantitative estimate of drug-likeness (QED) is 0.422. The molecule has 7 heteroatoms. The molecule has 0 atom stereocenters. The molecule has 0 saturated carbocycles. The summed E-state index contributed by atoms with van der Waals surface area (Å²) in [6, 6.07) is 6.11. The number of hydrogen-bond donors (Lipinski definition) is 4. The Morgan fingerprint density at radius 3 is 2.62 bits per heavy atom. The first-order valence-corrected chi connectivity index (χ1v) is 7.43. The van der Waals surface area contributed by atoms with Gasteiger partial charge in [0.1, 0.15) is 11.5 Å². The number of nitrogen functional groups attached to an aromatic ring is 2. The van der Waals surface area contributed by atoms with E-state index in [1.807, 2.05) is 6.92 Å². The van der Waals surface area contributed by atoms with Crippen LogP contribution in [0.25, 0.3) is 22.0 Å². The van der Waals surface area contributed by atoms with E-state index >= 15 is 0 Å². The molecule has 1 aromatic heterocycles. The first-order chi connectivity index (χ1) is 11.3. The molecule has 2 aromatic carbocycles. The van der Waals surface area contributed by atoms with Gasteiger partial charge in [0.05, 0.1) is 16.2 Å². The van der Waals surface area contributed by atoms with Crippen molar-refractivity contribution in [3.05, 3.63) is 56.6 Å². The summed E-state index contributed by atoms with van der Waals surface area (Å²) in [5, 5.41) is 8.47. The smallest absolute Gasteiger partial charge is 0.272 e. The van der Waals surface area contributed by atoms with Crippen LogP contribution in [0.2, 0.25) is 5.02 Å². The fraction of sp³-hybridized carbons (Fsp3) is 0.0588. The van der Waals surface area contributed by atoms with Gasteiger partial charge in [0, 0.05) is 22.7 Å². The van der Waals surface area contributed by atoms with Crippen molar-refractivity contribution in [2.24, 2.45) is 0 Å². The monoisotopic (exact) mass is 344 g/mol. The maximum atomic E-state index is 13.7. The van der Waals surface area contributed by atoms with E-state index in [9.17, 15) is 9.18 Å². The number of H-pyrrole nitrogens is 1. The highest BCUT2D eigenvalue weighted by atomic mass is 35.5. The lowest BCUT2D eigenvalue weighted by molar-refractivity contribution is 0.632. The van der Waals surface area contributed by atoms with Crippen LogP contribution in [-0.4, -0.2) is 11.2 Å². The molecular weight excluding hydrogens is 331 g/mol. The van der Waals surface area contributed by atoms with Gasteiger partial charge >= 0.3 is 0 Å². The fourth-order valence-electron chi connectivity index (χ4n) is 2.80. The number of aryl methyl sites for hydroxylation is 1. The summed E-state index contributed by atoms with van der Waals surface area (Å²) in [6.45, 7) is 1.85. The molecule has 3 aromatic rings. The molecule has 6 N–H and O–H groups in total. The minimum atomic E-state index is -0.646. The normalized spacial score (nSPS) is 11.0.